The van der Waals surface area contributed by atoms with Crippen LogP contribution in [0.4, 0.5) is 16.2 Å². The minimum atomic E-state index is -0.350. The quantitative estimate of drug-likeness (QED) is 0.380. The molecule has 0 spiro atoms. The molecule has 3 amide bonds. The van der Waals surface area contributed by atoms with Gasteiger partial charge in [0.15, 0.2) is 0 Å². The summed E-state index contributed by atoms with van der Waals surface area (Å²) in [5, 5.41) is 12.5. The van der Waals surface area contributed by atoms with Crippen LogP contribution in [-0.4, -0.2) is 21.7 Å². The van der Waals surface area contributed by atoms with Gasteiger partial charge in [0.05, 0.1) is 24.7 Å². The van der Waals surface area contributed by atoms with Crippen molar-refractivity contribution in [3.05, 3.63) is 103 Å². The maximum absolute atomic E-state index is 12.2. The molecule has 2 aromatic heterocycles. The van der Waals surface area contributed by atoms with Gasteiger partial charge in [0.1, 0.15) is 5.76 Å². The van der Waals surface area contributed by atoms with Crippen LogP contribution in [-0.2, 0) is 11.3 Å². The second-order valence-corrected chi connectivity index (χ2v) is 6.84. The number of nitrogens with one attached hydrogen (secondary N) is 3. The van der Waals surface area contributed by atoms with Crippen molar-refractivity contribution in [3.63, 3.8) is 0 Å². The second-order valence-electron chi connectivity index (χ2n) is 6.84. The lowest BCUT2D eigenvalue weighted by Gasteiger charge is -2.08. The third-order valence-electron chi connectivity index (χ3n) is 4.46. The smallest absolute Gasteiger partial charge is 0.319 e. The number of urea groups is 1. The van der Waals surface area contributed by atoms with Crippen molar-refractivity contribution in [2.45, 2.75) is 6.54 Å². The molecule has 0 fully saturated rings. The van der Waals surface area contributed by atoms with Crippen molar-refractivity contribution >= 4 is 29.4 Å². The van der Waals surface area contributed by atoms with Crippen molar-refractivity contribution in [1.29, 1.82) is 0 Å². The van der Waals surface area contributed by atoms with Gasteiger partial charge in [-0.05, 0) is 54.6 Å². The third-order valence-corrected chi connectivity index (χ3v) is 4.46. The van der Waals surface area contributed by atoms with Gasteiger partial charge in [-0.1, -0.05) is 18.2 Å². The fourth-order valence-electron chi connectivity index (χ4n) is 2.89. The summed E-state index contributed by atoms with van der Waals surface area (Å²) in [4.78, 5) is 24.1. The molecule has 8 nitrogen and oxygen atoms in total. The van der Waals surface area contributed by atoms with Crippen LogP contribution < -0.4 is 16.0 Å². The Hall–Kier alpha value is -4.59. The Balaban J connectivity index is 1.26. The standard InChI is InChI=1S/C24H21N5O3/c30-23(13-8-18-15-26-29(17-18)21-5-2-1-3-6-21)27-19-9-11-20(12-10-19)28-24(31)25-16-22-7-4-14-32-22/h1-15,17H,16H2,(H,27,30)(H2,25,28,31)/b13-8+. The summed E-state index contributed by atoms with van der Waals surface area (Å²) in [5.41, 5.74) is 2.97. The number of nitrogens with zero attached hydrogens (tertiary/aromatic N) is 2. The van der Waals surface area contributed by atoms with Gasteiger partial charge in [-0.15, -0.1) is 0 Å². The van der Waals surface area contributed by atoms with Crippen LogP contribution in [0.1, 0.15) is 11.3 Å². The Bertz CT molecular complexity index is 1200. The number of hydrogen-bond donors (Lipinski definition) is 3. The zero-order valence-electron chi connectivity index (χ0n) is 17.1. The summed E-state index contributed by atoms with van der Waals surface area (Å²) in [6.07, 6.45) is 8.22. The van der Waals surface area contributed by atoms with Crippen LogP contribution in [0.3, 0.4) is 0 Å². The van der Waals surface area contributed by atoms with E-state index < -0.39 is 0 Å². The molecular formula is C24H21N5O3. The summed E-state index contributed by atoms with van der Waals surface area (Å²) in [5.74, 6) is 0.396. The van der Waals surface area contributed by atoms with Gasteiger partial charge in [0.2, 0.25) is 5.91 Å². The summed E-state index contributed by atoms with van der Waals surface area (Å²) >= 11 is 0. The van der Waals surface area contributed by atoms with Gasteiger partial charge in [-0.3, -0.25) is 4.79 Å². The molecule has 0 unspecified atom stereocenters. The van der Waals surface area contributed by atoms with Crippen molar-refractivity contribution < 1.29 is 14.0 Å². The van der Waals surface area contributed by atoms with E-state index in [0.717, 1.165) is 11.3 Å². The van der Waals surface area contributed by atoms with Crippen molar-refractivity contribution in [2.75, 3.05) is 10.6 Å². The maximum Gasteiger partial charge on any atom is 0.319 e. The summed E-state index contributed by atoms with van der Waals surface area (Å²) < 4.78 is 6.91. The van der Waals surface area contributed by atoms with Crippen LogP contribution in [0.15, 0.2) is 95.9 Å². The molecule has 0 saturated heterocycles. The zero-order valence-corrected chi connectivity index (χ0v) is 17.1. The Morgan fingerprint density at radius 1 is 0.938 bits per heavy atom. The molecule has 0 aliphatic carbocycles. The number of aromatic nitrogens is 2. The topological polar surface area (TPSA) is 101 Å². The van der Waals surface area contributed by atoms with E-state index >= 15 is 0 Å². The predicted octanol–water partition coefficient (Wildman–Crippen LogP) is 4.44. The summed E-state index contributed by atoms with van der Waals surface area (Å²) in [6.45, 7) is 0.295. The van der Waals surface area contributed by atoms with E-state index in [2.05, 4.69) is 21.0 Å². The van der Waals surface area contributed by atoms with Crippen LogP contribution in [0.5, 0.6) is 0 Å². The van der Waals surface area contributed by atoms with E-state index in [4.69, 9.17) is 4.42 Å². The number of para-hydroxylation sites is 1. The lowest BCUT2D eigenvalue weighted by atomic mass is 10.2. The van der Waals surface area contributed by atoms with Crippen molar-refractivity contribution in [2.24, 2.45) is 0 Å². The Morgan fingerprint density at radius 3 is 2.41 bits per heavy atom. The number of benzene rings is 2. The van der Waals surface area contributed by atoms with Crippen LogP contribution in [0.2, 0.25) is 0 Å². The van der Waals surface area contributed by atoms with Crippen molar-refractivity contribution in [1.82, 2.24) is 15.1 Å². The van der Waals surface area contributed by atoms with Gasteiger partial charge >= 0.3 is 6.03 Å². The third kappa shape index (κ3) is 5.73. The number of carbonyl (C=O) groups excluding carboxylic acids is 2. The fourth-order valence-corrected chi connectivity index (χ4v) is 2.89. The van der Waals surface area contributed by atoms with E-state index in [9.17, 15) is 9.59 Å². The Labute approximate surface area is 184 Å². The number of amides is 3. The van der Waals surface area contributed by atoms with E-state index in [-0.39, 0.29) is 11.9 Å². The molecule has 0 aliphatic heterocycles. The van der Waals surface area contributed by atoms with Gasteiger partial charge in [-0.2, -0.15) is 5.10 Å². The highest BCUT2D eigenvalue weighted by Crippen LogP contribution is 2.14. The minimum absolute atomic E-state index is 0.269. The molecule has 3 N–H and O–H groups in total. The first-order valence-corrected chi connectivity index (χ1v) is 9.92. The van der Waals surface area contributed by atoms with Gasteiger partial charge in [0, 0.05) is 29.2 Å². The molecule has 4 aromatic rings. The average molecular weight is 427 g/mol. The van der Waals surface area contributed by atoms with E-state index in [0.29, 0.717) is 23.7 Å². The highest BCUT2D eigenvalue weighted by molar-refractivity contribution is 6.02. The van der Waals surface area contributed by atoms with E-state index in [1.54, 1.807) is 59.6 Å². The SMILES string of the molecule is O=C(/C=C/c1cnn(-c2ccccc2)c1)Nc1ccc(NC(=O)NCc2ccco2)cc1. The first kappa shape index (κ1) is 20.7. The molecule has 32 heavy (non-hydrogen) atoms. The fraction of sp³-hybridized carbons (Fsp3) is 0.0417. The molecular weight excluding hydrogens is 406 g/mol. The van der Waals surface area contributed by atoms with Crippen molar-refractivity contribution in [3.8, 4) is 5.69 Å². The Kier molecular flexibility index (Phi) is 6.42. The molecule has 8 heteroatoms. The minimum Gasteiger partial charge on any atom is -0.467 e. The second kappa shape index (κ2) is 9.94. The van der Waals surface area contributed by atoms with E-state index in [1.165, 1.54) is 6.08 Å². The zero-order chi connectivity index (χ0) is 22.2. The highest BCUT2D eigenvalue weighted by Gasteiger charge is 2.04. The number of hydrogen-bond acceptors (Lipinski definition) is 4. The highest BCUT2D eigenvalue weighted by atomic mass is 16.3. The summed E-state index contributed by atoms with van der Waals surface area (Å²) in [6, 6.07) is 19.7. The predicted molar refractivity (Wildman–Crippen MR) is 122 cm³/mol. The monoisotopic (exact) mass is 427 g/mol. The lowest BCUT2D eigenvalue weighted by molar-refractivity contribution is -0.111. The first-order valence-electron chi connectivity index (χ1n) is 9.92. The number of anilines is 2. The van der Waals surface area contributed by atoms with Crippen LogP contribution >= 0.6 is 0 Å². The molecule has 0 aliphatic rings. The first-order chi connectivity index (χ1) is 15.7. The van der Waals surface area contributed by atoms with Gasteiger partial charge in [0.25, 0.3) is 0 Å². The molecule has 160 valence electrons. The molecule has 0 atom stereocenters. The number of carbonyl (C=O) groups is 2. The molecule has 2 heterocycles. The summed E-state index contributed by atoms with van der Waals surface area (Å²) in [7, 11) is 0. The number of rotatable bonds is 7. The Morgan fingerprint density at radius 2 is 1.69 bits per heavy atom. The molecule has 0 bridgehead atoms. The lowest BCUT2D eigenvalue weighted by Crippen LogP contribution is -2.27. The van der Waals surface area contributed by atoms with Crippen LogP contribution in [0.25, 0.3) is 11.8 Å². The van der Waals surface area contributed by atoms with Gasteiger partial charge in [-0.25, -0.2) is 9.48 Å². The maximum atomic E-state index is 12.2. The van der Waals surface area contributed by atoms with E-state index in [1.807, 2.05) is 36.5 Å². The largest absolute Gasteiger partial charge is 0.467 e. The van der Waals surface area contributed by atoms with Crippen LogP contribution in [0, 0.1) is 0 Å². The molecule has 4 rings (SSSR count). The molecule has 2 aromatic carbocycles. The number of furan rings is 1. The molecule has 0 saturated carbocycles. The van der Waals surface area contributed by atoms with Gasteiger partial charge < -0.3 is 20.4 Å². The molecule has 0 radical (unpaired) electrons. The average Bonchev–Trinajstić information content (AvgIpc) is 3.51. The normalized spacial score (nSPS) is 10.8.